The summed E-state index contributed by atoms with van der Waals surface area (Å²) in [7, 11) is -3.57. The van der Waals surface area contributed by atoms with Gasteiger partial charge in [0.1, 0.15) is 0 Å². The van der Waals surface area contributed by atoms with E-state index in [0.29, 0.717) is 13.1 Å². The molecule has 2 rings (SSSR count). The molecule has 5 nitrogen and oxygen atoms in total. The molecule has 0 radical (unpaired) electrons. The Labute approximate surface area is 115 Å². The molecule has 7 heteroatoms. The van der Waals surface area contributed by atoms with E-state index in [1.807, 2.05) is 17.5 Å². The quantitative estimate of drug-likeness (QED) is 0.912. The maximum Gasteiger partial charge on any atom is 0.247 e. The van der Waals surface area contributed by atoms with Crippen molar-refractivity contribution in [1.29, 1.82) is 0 Å². The van der Waals surface area contributed by atoms with Gasteiger partial charge in [0.25, 0.3) is 0 Å². The van der Waals surface area contributed by atoms with Crippen LogP contribution in [0.15, 0.2) is 45.5 Å². The summed E-state index contributed by atoms with van der Waals surface area (Å²) in [5.41, 5.74) is -0.319. The topological polar surface area (TPSA) is 70.2 Å². The largest absolute Gasteiger partial charge is 0.328 e. The van der Waals surface area contributed by atoms with Crippen molar-refractivity contribution in [2.24, 2.45) is 0 Å². The zero-order chi connectivity index (χ0) is 13.9. The second-order valence-corrected chi connectivity index (χ2v) is 6.87. The Morgan fingerprint density at radius 3 is 2.63 bits per heavy atom. The molecule has 0 bridgehead atoms. The van der Waals surface area contributed by atoms with Crippen molar-refractivity contribution in [3.05, 3.63) is 51.1 Å². The summed E-state index contributed by atoms with van der Waals surface area (Å²) < 4.78 is 26.2. The maximum absolute atomic E-state index is 12.4. The van der Waals surface area contributed by atoms with Gasteiger partial charge in [0, 0.05) is 30.2 Å². The number of hydrogen-bond donors (Lipinski definition) is 1. The Morgan fingerprint density at radius 1 is 1.32 bits per heavy atom. The van der Waals surface area contributed by atoms with E-state index in [2.05, 4.69) is 4.98 Å². The molecule has 2 heterocycles. The normalized spacial score (nSPS) is 11.9. The van der Waals surface area contributed by atoms with E-state index >= 15 is 0 Å². The number of sulfonamides is 1. The SMILES string of the molecule is CCN(Cc1cccs1)S(=O)(=O)c1ccc(=O)[nH]c1. The minimum atomic E-state index is -3.57. The van der Waals surface area contributed by atoms with Gasteiger partial charge in [0.15, 0.2) is 0 Å². The van der Waals surface area contributed by atoms with Crippen LogP contribution in [0.1, 0.15) is 11.8 Å². The Bertz CT molecular complexity index is 670. The molecular formula is C12H14N2O3S2. The zero-order valence-electron chi connectivity index (χ0n) is 10.4. The molecule has 0 spiro atoms. The number of aromatic nitrogens is 1. The summed E-state index contributed by atoms with van der Waals surface area (Å²) in [6.45, 7) is 2.51. The van der Waals surface area contributed by atoms with Crippen LogP contribution >= 0.6 is 11.3 Å². The maximum atomic E-state index is 12.4. The third-order valence-corrected chi connectivity index (χ3v) is 5.44. The van der Waals surface area contributed by atoms with Crippen molar-refractivity contribution in [1.82, 2.24) is 9.29 Å². The van der Waals surface area contributed by atoms with Crippen LogP contribution in [-0.4, -0.2) is 24.3 Å². The first-order valence-corrected chi connectivity index (χ1v) is 8.07. The molecule has 2 aromatic heterocycles. The summed E-state index contributed by atoms with van der Waals surface area (Å²) >= 11 is 1.52. The van der Waals surface area contributed by atoms with E-state index in [9.17, 15) is 13.2 Å². The van der Waals surface area contributed by atoms with Gasteiger partial charge in [-0.25, -0.2) is 8.42 Å². The van der Waals surface area contributed by atoms with E-state index in [1.54, 1.807) is 6.92 Å². The highest BCUT2D eigenvalue weighted by Gasteiger charge is 2.23. The lowest BCUT2D eigenvalue weighted by molar-refractivity contribution is 0.426. The number of nitrogens with zero attached hydrogens (tertiary/aromatic N) is 1. The lowest BCUT2D eigenvalue weighted by Crippen LogP contribution is -2.30. The predicted octanol–water partition coefficient (Wildman–Crippen LogP) is 1.65. The van der Waals surface area contributed by atoms with Crippen LogP contribution in [0.4, 0.5) is 0 Å². The van der Waals surface area contributed by atoms with Gasteiger partial charge >= 0.3 is 0 Å². The predicted molar refractivity (Wildman–Crippen MR) is 74.7 cm³/mol. The second kappa shape index (κ2) is 5.68. The fourth-order valence-corrected chi connectivity index (χ4v) is 3.85. The Hall–Kier alpha value is -1.44. The molecule has 0 fully saturated rings. The Morgan fingerprint density at radius 2 is 2.11 bits per heavy atom. The summed E-state index contributed by atoms with van der Waals surface area (Å²) in [6.07, 6.45) is 1.23. The smallest absolute Gasteiger partial charge is 0.247 e. The van der Waals surface area contributed by atoms with Gasteiger partial charge in [-0.2, -0.15) is 4.31 Å². The first-order chi connectivity index (χ1) is 9.04. The van der Waals surface area contributed by atoms with Gasteiger partial charge in [-0.15, -0.1) is 11.3 Å². The number of thiophene rings is 1. The molecule has 0 aliphatic rings. The van der Waals surface area contributed by atoms with E-state index in [1.165, 1.54) is 34.0 Å². The Kier molecular flexibility index (Phi) is 4.18. The van der Waals surface area contributed by atoms with Gasteiger partial charge in [-0.3, -0.25) is 4.79 Å². The molecule has 102 valence electrons. The van der Waals surface area contributed by atoms with Crippen molar-refractivity contribution in [3.63, 3.8) is 0 Å². The van der Waals surface area contributed by atoms with Gasteiger partial charge in [-0.1, -0.05) is 13.0 Å². The fourth-order valence-electron chi connectivity index (χ4n) is 1.65. The average Bonchev–Trinajstić information content (AvgIpc) is 2.89. The monoisotopic (exact) mass is 298 g/mol. The molecule has 0 aromatic carbocycles. The number of nitrogens with one attached hydrogen (secondary N) is 1. The summed E-state index contributed by atoms with van der Waals surface area (Å²) in [6, 6.07) is 6.33. The van der Waals surface area contributed by atoms with Crippen LogP contribution in [-0.2, 0) is 16.6 Å². The molecular weight excluding hydrogens is 284 g/mol. The zero-order valence-corrected chi connectivity index (χ0v) is 12.0. The van der Waals surface area contributed by atoms with Crippen LogP contribution in [0, 0.1) is 0 Å². The highest BCUT2D eigenvalue weighted by molar-refractivity contribution is 7.89. The lowest BCUT2D eigenvalue weighted by Gasteiger charge is -2.19. The van der Waals surface area contributed by atoms with E-state index in [0.717, 1.165) is 4.88 Å². The van der Waals surface area contributed by atoms with Crippen LogP contribution in [0.25, 0.3) is 0 Å². The molecule has 1 N–H and O–H groups in total. The van der Waals surface area contributed by atoms with Gasteiger partial charge in [-0.05, 0) is 17.5 Å². The van der Waals surface area contributed by atoms with Crippen molar-refractivity contribution in [3.8, 4) is 0 Å². The van der Waals surface area contributed by atoms with Gasteiger partial charge in [0.2, 0.25) is 15.6 Å². The molecule has 0 unspecified atom stereocenters. The third-order valence-electron chi connectivity index (χ3n) is 2.66. The molecule has 2 aromatic rings. The molecule has 0 atom stereocenters. The highest BCUT2D eigenvalue weighted by atomic mass is 32.2. The average molecular weight is 298 g/mol. The molecule has 0 aliphatic heterocycles. The lowest BCUT2D eigenvalue weighted by atomic mass is 10.4. The first kappa shape index (κ1) is 14.0. The number of hydrogen-bond acceptors (Lipinski definition) is 4. The van der Waals surface area contributed by atoms with Crippen LogP contribution in [0.3, 0.4) is 0 Å². The van der Waals surface area contributed by atoms with Crippen molar-refractivity contribution < 1.29 is 8.42 Å². The second-order valence-electron chi connectivity index (χ2n) is 3.90. The van der Waals surface area contributed by atoms with Crippen LogP contribution in [0.5, 0.6) is 0 Å². The highest BCUT2D eigenvalue weighted by Crippen LogP contribution is 2.19. The van der Waals surface area contributed by atoms with E-state index in [4.69, 9.17) is 0 Å². The standard InChI is InChI=1S/C12H14N2O3S2/c1-2-14(9-10-4-3-7-18-10)19(16,17)11-5-6-12(15)13-8-11/h3-8H,2,9H2,1H3,(H,13,15). The number of aromatic amines is 1. The summed E-state index contributed by atoms with van der Waals surface area (Å²) in [5, 5.41) is 1.91. The molecule has 0 aliphatic carbocycles. The van der Waals surface area contributed by atoms with Crippen LogP contribution < -0.4 is 5.56 Å². The van der Waals surface area contributed by atoms with E-state index < -0.39 is 10.0 Å². The molecule has 0 saturated heterocycles. The minimum Gasteiger partial charge on any atom is -0.328 e. The van der Waals surface area contributed by atoms with Crippen molar-refractivity contribution in [2.45, 2.75) is 18.4 Å². The van der Waals surface area contributed by atoms with Gasteiger partial charge in [0.05, 0.1) is 4.90 Å². The fraction of sp³-hybridized carbons (Fsp3) is 0.250. The van der Waals surface area contributed by atoms with Gasteiger partial charge < -0.3 is 4.98 Å². The van der Waals surface area contributed by atoms with E-state index in [-0.39, 0.29) is 10.5 Å². The van der Waals surface area contributed by atoms with Crippen molar-refractivity contribution in [2.75, 3.05) is 6.54 Å². The minimum absolute atomic E-state index is 0.102. The third kappa shape index (κ3) is 3.12. The number of rotatable bonds is 5. The summed E-state index contributed by atoms with van der Waals surface area (Å²) in [5.74, 6) is 0. The number of H-pyrrole nitrogens is 1. The molecule has 0 amide bonds. The van der Waals surface area contributed by atoms with Crippen LogP contribution in [0.2, 0.25) is 0 Å². The Balaban J connectivity index is 2.30. The summed E-state index contributed by atoms with van der Waals surface area (Å²) in [4.78, 5) is 14.5. The molecule has 19 heavy (non-hydrogen) atoms. The first-order valence-electron chi connectivity index (χ1n) is 5.75. The molecule has 0 saturated carbocycles. The number of pyridine rings is 1. The van der Waals surface area contributed by atoms with Crippen molar-refractivity contribution >= 4 is 21.4 Å².